The summed E-state index contributed by atoms with van der Waals surface area (Å²) in [6.07, 6.45) is 3.68. The van der Waals surface area contributed by atoms with Crippen molar-refractivity contribution < 1.29 is 0 Å². The zero-order valence-corrected chi connectivity index (χ0v) is 12.6. The molecule has 0 aliphatic heterocycles. The lowest BCUT2D eigenvalue weighted by atomic mass is 10.0. The van der Waals surface area contributed by atoms with Crippen molar-refractivity contribution in [2.45, 2.75) is 19.0 Å². The van der Waals surface area contributed by atoms with Gasteiger partial charge in [0.1, 0.15) is 5.01 Å². The van der Waals surface area contributed by atoms with Gasteiger partial charge < -0.3 is 0 Å². The van der Waals surface area contributed by atoms with Gasteiger partial charge in [-0.1, -0.05) is 36.4 Å². The molecule has 3 nitrogen and oxygen atoms in total. The van der Waals surface area contributed by atoms with Gasteiger partial charge >= 0.3 is 0 Å². The summed E-state index contributed by atoms with van der Waals surface area (Å²) in [5, 5.41) is 6.73. The quantitative estimate of drug-likeness (QED) is 0.773. The van der Waals surface area contributed by atoms with Crippen LogP contribution in [0, 0.1) is 0 Å². The average Bonchev–Trinajstić information content (AvgIpc) is 3.09. The van der Waals surface area contributed by atoms with Crippen LogP contribution in [0.1, 0.15) is 35.3 Å². The molecule has 2 unspecified atom stereocenters. The molecule has 4 heteroatoms. The zero-order valence-electron chi connectivity index (χ0n) is 11.8. The van der Waals surface area contributed by atoms with Crippen molar-refractivity contribution in [3.8, 4) is 0 Å². The molecule has 2 heterocycles. The second-order valence-corrected chi connectivity index (χ2v) is 5.78. The van der Waals surface area contributed by atoms with Crippen LogP contribution >= 0.6 is 11.3 Å². The van der Waals surface area contributed by atoms with E-state index < -0.39 is 0 Å². The number of thiazole rings is 1. The number of hydrogen-bond donors (Lipinski definition) is 1. The van der Waals surface area contributed by atoms with Crippen LogP contribution in [0.15, 0.2) is 66.3 Å². The first-order valence-electron chi connectivity index (χ1n) is 6.96. The molecular formula is C17H17N3S. The molecule has 0 saturated carbocycles. The number of pyridine rings is 1. The van der Waals surface area contributed by atoms with Crippen LogP contribution in [0.2, 0.25) is 0 Å². The summed E-state index contributed by atoms with van der Waals surface area (Å²) in [6.45, 7) is 2.14. The molecule has 0 amide bonds. The van der Waals surface area contributed by atoms with Gasteiger partial charge in [-0.05, 0) is 24.6 Å². The van der Waals surface area contributed by atoms with E-state index in [4.69, 9.17) is 0 Å². The molecule has 0 radical (unpaired) electrons. The maximum absolute atomic E-state index is 4.51. The molecule has 1 N–H and O–H groups in total. The Morgan fingerprint density at radius 1 is 0.952 bits per heavy atom. The first-order valence-corrected chi connectivity index (χ1v) is 7.84. The van der Waals surface area contributed by atoms with Gasteiger partial charge in [-0.15, -0.1) is 11.3 Å². The molecule has 21 heavy (non-hydrogen) atoms. The summed E-state index contributed by atoms with van der Waals surface area (Å²) in [7, 11) is 0. The van der Waals surface area contributed by atoms with E-state index in [1.807, 2.05) is 36.0 Å². The minimum absolute atomic E-state index is 0.0614. The summed E-state index contributed by atoms with van der Waals surface area (Å²) < 4.78 is 0. The second kappa shape index (κ2) is 6.61. The van der Waals surface area contributed by atoms with Crippen molar-refractivity contribution in [2.75, 3.05) is 0 Å². The minimum atomic E-state index is 0.0614. The number of rotatable bonds is 5. The van der Waals surface area contributed by atoms with E-state index in [-0.39, 0.29) is 12.1 Å². The first-order chi connectivity index (χ1) is 10.3. The molecule has 0 fully saturated rings. The van der Waals surface area contributed by atoms with Gasteiger partial charge in [0.15, 0.2) is 0 Å². The van der Waals surface area contributed by atoms with Crippen LogP contribution in [0.25, 0.3) is 0 Å². The summed E-state index contributed by atoms with van der Waals surface area (Å²) in [5.41, 5.74) is 2.23. The Morgan fingerprint density at radius 3 is 2.43 bits per heavy atom. The van der Waals surface area contributed by atoms with Gasteiger partial charge in [0.2, 0.25) is 0 Å². The van der Waals surface area contributed by atoms with Gasteiger partial charge in [-0.25, -0.2) is 4.98 Å². The van der Waals surface area contributed by atoms with Gasteiger partial charge in [-0.3, -0.25) is 10.3 Å². The summed E-state index contributed by atoms with van der Waals surface area (Å²) in [5.74, 6) is 0. The van der Waals surface area contributed by atoms with Crippen molar-refractivity contribution in [3.05, 3.63) is 82.6 Å². The maximum atomic E-state index is 4.51. The number of benzene rings is 1. The Bertz CT molecular complexity index is 614. The third-order valence-electron chi connectivity index (χ3n) is 3.35. The predicted octanol–water partition coefficient (Wildman–Crippen LogP) is 3.98. The van der Waals surface area contributed by atoms with Crippen LogP contribution in [-0.4, -0.2) is 9.97 Å². The van der Waals surface area contributed by atoms with Gasteiger partial charge in [-0.2, -0.15) is 0 Å². The third kappa shape index (κ3) is 3.35. The lowest BCUT2D eigenvalue weighted by molar-refractivity contribution is 0.506. The second-order valence-electron chi connectivity index (χ2n) is 4.86. The Labute approximate surface area is 128 Å². The molecule has 106 valence electrons. The van der Waals surface area contributed by atoms with Gasteiger partial charge in [0, 0.05) is 17.8 Å². The Morgan fingerprint density at radius 2 is 1.76 bits per heavy atom. The minimum Gasteiger partial charge on any atom is -0.296 e. The smallest absolute Gasteiger partial charge is 0.109 e. The van der Waals surface area contributed by atoms with E-state index in [0.29, 0.717) is 0 Å². The molecule has 0 spiro atoms. The lowest BCUT2D eigenvalue weighted by Crippen LogP contribution is -2.26. The van der Waals surface area contributed by atoms with Crippen molar-refractivity contribution in [1.29, 1.82) is 0 Å². The summed E-state index contributed by atoms with van der Waals surface area (Å²) >= 11 is 1.67. The Balaban J connectivity index is 1.90. The van der Waals surface area contributed by atoms with E-state index in [1.54, 1.807) is 11.3 Å². The molecule has 0 saturated heterocycles. The number of nitrogens with zero attached hydrogens (tertiary/aromatic N) is 2. The van der Waals surface area contributed by atoms with Crippen molar-refractivity contribution in [3.63, 3.8) is 0 Å². The highest BCUT2D eigenvalue weighted by Crippen LogP contribution is 2.25. The molecule has 0 aliphatic rings. The van der Waals surface area contributed by atoms with E-state index >= 15 is 0 Å². The number of nitrogens with one attached hydrogen (secondary N) is 1. The maximum Gasteiger partial charge on any atom is 0.109 e. The third-order valence-corrected chi connectivity index (χ3v) is 4.31. The summed E-state index contributed by atoms with van der Waals surface area (Å²) in [6, 6.07) is 16.7. The van der Waals surface area contributed by atoms with Crippen LogP contribution in [0.4, 0.5) is 0 Å². The van der Waals surface area contributed by atoms with Crippen LogP contribution in [0.5, 0.6) is 0 Å². The van der Waals surface area contributed by atoms with Crippen LogP contribution in [-0.2, 0) is 0 Å². The highest BCUT2D eigenvalue weighted by Gasteiger charge is 2.19. The fourth-order valence-electron chi connectivity index (χ4n) is 2.31. The molecule has 1 aromatic carbocycles. The molecule has 0 bridgehead atoms. The highest BCUT2D eigenvalue weighted by atomic mass is 32.1. The summed E-state index contributed by atoms with van der Waals surface area (Å²) in [4.78, 5) is 8.90. The largest absolute Gasteiger partial charge is 0.296 e. The predicted molar refractivity (Wildman–Crippen MR) is 86.2 cm³/mol. The number of aromatic nitrogens is 2. The molecule has 3 aromatic rings. The monoisotopic (exact) mass is 295 g/mol. The first kappa shape index (κ1) is 13.9. The van der Waals surface area contributed by atoms with Crippen molar-refractivity contribution in [2.24, 2.45) is 0 Å². The molecule has 2 aromatic heterocycles. The Kier molecular flexibility index (Phi) is 4.38. The van der Waals surface area contributed by atoms with Gasteiger partial charge in [0.25, 0.3) is 0 Å². The Hall–Kier alpha value is -2.04. The van der Waals surface area contributed by atoms with E-state index in [9.17, 15) is 0 Å². The molecular weight excluding hydrogens is 278 g/mol. The van der Waals surface area contributed by atoms with Crippen molar-refractivity contribution in [1.82, 2.24) is 15.3 Å². The standard InChI is InChI=1S/C17H17N3S/c1-13(17-19-11-12-21-17)20-16(14-7-3-2-4-8-14)15-9-5-6-10-18-15/h2-13,16,20H,1H3. The average molecular weight is 295 g/mol. The van der Waals surface area contributed by atoms with E-state index in [2.05, 4.69) is 52.5 Å². The normalized spacial score (nSPS) is 13.8. The fraction of sp³-hybridized carbons (Fsp3) is 0.176. The van der Waals surface area contributed by atoms with Crippen LogP contribution < -0.4 is 5.32 Å². The zero-order chi connectivity index (χ0) is 14.5. The van der Waals surface area contributed by atoms with E-state index in [1.165, 1.54) is 5.56 Å². The SMILES string of the molecule is CC(NC(c1ccccc1)c1ccccn1)c1nccs1. The highest BCUT2D eigenvalue weighted by molar-refractivity contribution is 7.09. The van der Waals surface area contributed by atoms with Crippen LogP contribution in [0.3, 0.4) is 0 Å². The van der Waals surface area contributed by atoms with Gasteiger partial charge in [0.05, 0.1) is 17.8 Å². The molecule has 2 atom stereocenters. The van der Waals surface area contributed by atoms with E-state index in [0.717, 1.165) is 10.7 Å². The fourth-order valence-corrected chi connectivity index (χ4v) is 2.97. The number of hydrogen-bond acceptors (Lipinski definition) is 4. The lowest BCUT2D eigenvalue weighted by Gasteiger charge is -2.22. The molecule has 3 rings (SSSR count). The topological polar surface area (TPSA) is 37.8 Å². The van der Waals surface area contributed by atoms with Crippen molar-refractivity contribution >= 4 is 11.3 Å². The molecule has 0 aliphatic carbocycles.